The van der Waals surface area contributed by atoms with E-state index < -0.39 is 17.8 Å². The number of rotatable bonds is 4. The van der Waals surface area contributed by atoms with Gasteiger partial charge in [0.25, 0.3) is 0 Å². The number of aliphatic hydroxyl groups excluding tert-OH is 1. The molecule has 30 heavy (non-hydrogen) atoms. The van der Waals surface area contributed by atoms with Crippen molar-refractivity contribution in [3.8, 4) is 0 Å². The number of urea groups is 1. The van der Waals surface area contributed by atoms with Gasteiger partial charge in [0.1, 0.15) is 11.7 Å². The van der Waals surface area contributed by atoms with Gasteiger partial charge in [-0.3, -0.25) is 0 Å². The highest BCUT2D eigenvalue weighted by atomic mass is 19.1. The van der Waals surface area contributed by atoms with Crippen molar-refractivity contribution in [3.05, 3.63) is 77.9 Å². The first kappa shape index (κ1) is 20.6. The lowest BCUT2D eigenvalue weighted by molar-refractivity contribution is 0.0736. The Morgan fingerprint density at radius 1 is 1.13 bits per heavy atom. The van der Waals surface area contributed by atoms with Crippen LogP contribution in [-0.4, -0.2) is 78.4 Å². The topological polar surface area (TPSA) is 47.0 Å². The number of carbonyl (C=O) groups excluding carboxylic acids is 1. The number of aliphatic hydroxyl groups is 1. The number of likely N-dealkylation sites (N-methyl/N-ethyl adjacent to an activating group) is 2. The number of benzene rings is 2. The van der Waals surface area contributed by atoms with Crippen LogP contribution >= 0.6 is 0 Å². The third kappa shape index (κ3) is 3.50. The Balaban J connectivity index is 1.73. The third-order valence-corrected chi connectivity index (χ3v) is 6.31. The van der Waals surface area contributed by atoms with E-state index in [-0.39, 0.29) is 12.6 Å². The number of hydrogen-bond acceptors (Lipinski definition) is 3. The molecule has 2 aromatic rings. The molecule has 0 unspecified atom stereocenters. The molecule has 0 spiro atoms. The fraction of sp³-hybridized carbons (Fsp3) is 0.375. The van der Waals surface area contributed by atoms with Gasteiger partial charge in [0, 0.05) is 26.7 Å². The van der Waals surface area contributed by atoms with E-state index in [0.29, 0.717) is 19.6 Å². The molecule has 158 valence electrons. The molecule has 0 saturated carbocycles. The van der Waals surface area contributed by atoms with Gasteiger partial charge >= 0.3 is 6.03 Å². The van der Waals surface area contributed by atoms with E-state index in [1.807, 2.05) is 78.7 Å². The molecule has 3 atom stereocenters. The number of hydrogen-bond donors (Lipinski definition) is 1. The molecule has 6 heteroatoms. The van der Waals surface area contributed by atoms with Crippen molar-refractivity contribution in [1.29, 1.82) is 0 Å². The molecule has 0 aromatic heterocycles. The lowest BCUT2D eigenvalue weighted by Crippen LogP contribution is -2.55. The van der Waals surface area contributed by atoms with E-state index in [1.165, 1.54) is 4.90 Å². The van der Waals surface area contributed by atoms with E-state index in [9.17, 15) is 14.3 Å². The van der Waals surface area contributed by atoms with Crippen molar-refractivity contribution < 1.29 is 14.3 Å². The largest absolute Gasteiger partial charge is 0.393 e. The fourth-order valence-corrected chi connectivity index (χ4v) is 4.60. The molecule has 2 heterocycles. The van der Waals surface area contributed by atoms with Crippen molar-refractivity contribution in [2.75, 3.05) is 40.3 Å². The average molecular weight is 410 g/mol. The first-order chi connectivity index (χ1) is 14.5. The summed E-state index contributed by atoms with van der Waals surface area (Å²) in [7, 11) is 3.52. The summed E-state index contributed by atoms with van der Waals surface area (Å²) < 4.78 is 14.6. The SMILES string of the molecule is CN1C[C@@H](F)[C@H](N(C)C(=O)N2CC(c3ccccc3)=C[C@@]2(CO)c2ccccc2)C1. The van der Waals surface area contributed by atoms with Crippen molar-refractivity contribution in [2.24, 2.45) is 0 Å². The zero-order valence-corrected chi connectivity index (χ0v) is 17.4. The molecule has 0 bridgehead atoms. The first-order valence-corrected chi connectivity index (χ1v) is 10.3. The summed E-state index contributed by atoms with van der Waals surface area (Å²) >= 11 is 0. The number of alkyl halides is 1. The number of carbonyl (C=O) groups is 1. The van der Waals surface area contributed by atoms with Crippen LogP contribution in [0, 0.1) is 0 Å². The standard InChI is InChI=1S/C24H28FN3O2/c1-26-15-21(25)22(16-26)27(2)23(30)28-14-19(18-9-5-3-6-10-18)13-24(28,17-29)20-11-7-4-8-12-20/h3-13,21-22,29H,14-17H2,1-2H3/t21-,22-,24-/m1/s1. The van der Waals surface area contributed by atoms with Gasteiger partial charge in [-0.1, -0.05) is 60.7 Å². The Morgan fingerprint density at radius 2 is 1.77 bits per heavy atom. The maximum atomic E-state index is 14.6. The molecule has 2 aliphatic rings. The predicted octanol–water partition coefficient (Wildman–Crippen LogP) is 2.98. The van der Waals surface area contributed by atoms with Gasteiger partial charge < -0.3 is 19.8 Å². The summed E-state index contributed by atoms with van der Waals surface area (Å²) in [6.07, 6.45) is 0.894. The molecular formula is C24H28FN3O2. The van der Waals surface area contributed by atoms with Crippen LogP contribution in [-0.2, 0) is 5.54 Å². The Kier molecular flexibility index (Phi) is 5.62. The Labute approximate surface area is 177 Å². The summed E-state index contributed by atoms with van der Waals surface area (Å²) in [5.41, 5.74) is 1.82. The van der Waals surface area contributed by atoms with Gasteiger partial charge in [-0.05, 0) is 29.8 Å². The summed E-state index contributed by atoms with van der Waals surface area (Å²) in [4.78, 5) is 18.7. The monoisotopic (exact) mass is 409 g/mol. The third-order valence-electron chi connectivity index (χ3n) is 6.31. The zero-order chi connectivity index (χ0) is 21.3. The van der Waals surface area contributed by atoms with Crippen LogP contribution in [0.3, 0.4) is 0 Å². The van der Waals surface area contributed by atoms with Crippen molar-refractivity contribution in [1.82, 2.24) is 14.7 Å². The summed E-state index contributed by atoms with van der Waals surface area (Å²) in [6, 6.07) is 18.6. The smallest absolute Gasteiger partial charge is 0.321 e. The minimum absolute atomic E-state index is 0.253. The molecule has 1 fully saturated rings. The predicted molar refractivity (Wildman–Crippen MR) is 116 cm³/mol. The van der Waals surface area contributed by atoms with E-state index in [2.05, 4.69) is 0 Å². The quantitative estimate of drug-likeness (QED) is 0.845. The molecule has 1 saturated heterocycles. The molecule has 2 amide bonds. The minimum atomic E-state index is -1.09. The lowest BCUT2D eigenvalue weighted by Gasteiger charge is -2.40. The molecule has 5 nitrogen and oxygen atoms in total. The molecule has 2 aromatic carbocycles. The fourth-order valence-electron chi connectivity index (χ4n) is 4.60. The van der Waals surface area contributed by atoms with Gasteiger partial charge in [-0.2, -0.15) is 0 Å². The number of likely N-dealkylation sites (tertiary alicyclic amines) is 1. The Hall–Kier alpha value is -2.70. The highest BCUT2D eigenvalue weighted by Crippen LogP contribution is 2.41. The first-order valence-electron chi connectivity index (χ1n) is 10.3. The number of nitrogens with zero attached hydrogens (tertiary/aromatic N) is 3. The number of halogens is 1. The molecule has 1 N–H and O–H groups in total. The van der Waals surface area contributed by atoms with Crippen LogP contribution in [0.25, 0.3) is 5.57 Å². The van der Waals surface area contributed by atoms with E-state index >= 15 is 0 Å². The van der Waals surface area contributed by atoms with Crippen LogP contribution in [0.2, 0.25) is 0 Å². The highest BCUT2D eigenvalue weighted by Gasteiger charge is 2.47. The second-order valence-electron chi connectivity index (χ2n) is 8.27. The lowest BCUT2D eigenvalue weighted by atomic mass is 9.89. The van der Waals surface area contributed by atoms with E-state index in [4.69, 9.17) is 0 Å². The zero-order valence-electron chi connectivity index (χ0n) is 17.4. The van der Waals surface area contributed by atoms with Gasteiger partial charge in [-0.15, -0.1) is 0 Å². The molecule has 4 rings (SSSR count). The van der Waals surface area contributed by atoms with Gasteiger partial charge in [-0.25, -0.2) is 9.18 Å². The van der Waals surface area contributed by atoms with E-state index in [1.54, 1.807) is 11.9 Å². The van der Waals surface area contributed by atoms with Crippen molar-refractivity contribution in [2.45, 2.75) is 17.8 Å². The maximum Gasteiger partial charge on any atom is 0.321 e. The van der Waals surface area contributed by atoms with Gasteiger partial charge in [0.05, 0.1) is 12.6 Å². The van der Waals surface area contributed by atoms with Crippen LogP contribution in [0.1, 0.15) is 11.1 Å². The highest BCUT2D eigenvalue weighted by molar-refractivity contribution is 5.83. The van der Waals surface area contributed by atoms with Crippen molar-refractivity contribution in [3.63, 3.8) is 0 Å². The second-order valence-corrected chi connectivity index (χ2v) is 8.27. The summed E-state index contributed by atoms with van der Waals surface area (Å²) in [6.45, 7) is 0.909. The minimum Gasteiger partial charge on any atom is -0.393 e. The Morgan fingerprint density at radius 3 is 2.33 bits per heavy atom. The van der Waals surface area contributed by atoms with Crippen LogP contribution in [0.15, 0.2) is 66.7 Å². The Bertz CT molecular complexity index is 921. The van der Waals surface area contributed by atoms with Crippen LogP contribution in [0.4, 0.5) is 9.18 Å². The maximum absolute atomic E-state index is 14.6. The second kappa shape index (κ2) is 8.20. The molecule has 0 radical (unpaired) electrons. The van der Waals surface area contributed by atoms with Crippen molar-refractivity contribution >= 4 is 11.6 Å². The molecule has 0 aliphatic carbocycles. The summed E-state index contributed by atoms with van der Waals surface area (Å²) in [5.74, 6) is 0. The van der Waals surface area contributed by atoms with Gasteiger partial charge in [0.15, 0.2) is 0 Å². The van der Waals surface area contributed by atoms with Gasteiger partial charge in [0.2, 0.25) is 0 Å². The molecular weight excluding hydrogens is 381 g/mol. The average Bonchev–Trinajstić information content (AvgIpc) is 3.34. The van der Waals surface area contributed by atoms with E-state index in [0.717, 1.165) is 16.7 Å². The molecule has 2 aliphatic heterocycles. The number of amides is 2. The normalized spacial score (nSPS) is 26.7. The van der Waals surface area contributed by atoms with Crippen LogP contribution < -0.4 is 0 Å². The van der Waals surface area contributed by atoms with Crippen LogP contribution in [0.5, 0.6) is 0 Å². The summed E-state index contributed by atoms with van der Waals surface area (Å²) in [5, 5.41) is 10.6.